The van der Waals surface area contributed by atoms with Crippen LogP contribution in [0.5, 0.6) is 11.5 Å². The lowest BCUT2D eigenvalue weighted by molar-refractivity contribution is -0.119. The van der Waals surface area contributed by atoms with Crippen LogP contribution in [0.4, 0.5) is 5.69 Å². The predicted molar refractivity (Wildman–Crippen MR) is 115 cm³/mol. The maximum atomic E-state index is 12.8. The van der Waals surface area contributed by atoms with Crippen molar-refractivity contribution in [1.82, 2.24) is 0 Å². The van der Waals surface area contributed by atoms with E-state index in [2.05, 4.69) is 5.32 Å². The molecule has 0 aromatic heterocycles. The molecular formula is C24H21NO6. The molecule has 0 bridgehead atoms. The summed E-state index contributed by atoms with van der Waals surface area (Å²) in [5, 5.41) is 2.63. The number of ketones is 1. The molecule has 0 radical (unpaired) electrons. The summed E-state index contributed by atoms with van der Waals surface area (Å²) in [6.45, 7) is -0.535. The van der Waals surface area contributed by atoms with Crippen molar-refractivity contribution in [2.75, 3.05) is 26.1 Å². The number of nitrogens with one attached hydrogen (secondary N) is 1. The normalized spacial score (nSPS) is 10.1. The molecule has 3 rings (SSSR count). The number of methoxy groups -OCH3 is 2. The Hall–Kier alpha value is -4.13. The number of hydrogen-bond acceptors (Lipinski definition) is 6. The summed E-state index contributed by atoms with van der Waals surface area (Å²) >= 11 is 0. The number of hydrogen-bond donors (Lipinski definition) is 1. The van der Waals surface area contributed by atoms with Crippen molar-refractivity contribution in [3.8, 4) is 11.5 Å². The van der Waals surface area contributed by atoms with Crippen LogP contribution < -0.4 is 14.8 Å². The van der Waals surface area contributed by atoms with E-state index in [9.17, 15) is 14.4 Å². The molecule has 0 fully saturated rings. The summed E-state index contributed by atoms with van der Waals surface area (Å²) in [5.41, 5.74) is 1.30. The predicted octanol–water partition coefficient (Wildman–Crippen LogP) is 3.73. The van der Waals surface area contributed by atoms with Gasteiger partial charge in [0.15, 0.2) is 23.9 Å². The van der Waals surface area contributed by atoms with E-state index >= 15 is 0 Å². The van der Waals surface area contributed by atoms with E-state index in [-0.39, 0.29) is 17.1 Å². The van der Waals surface area contributed by atoms with Gasteiger partial charge < -0.3 is 19.5 Å². The monoisotopic (exact) mass is 419 g/mol. The minimum atomic E-state index is -0.737. The van der Waals surface area contributed by atoms with Gasteiger partial charge >= 0.3 is 5.97 Å². The van der Waals surface area contributed by atoms with E-state index in [0.717, 1.165) is 0 Å². The molecule has 1 N–H and O–H groups in total. The molecule has 0 unspecified atom stereocenters. The first-order chi connectivity index (χ1) is 15.0. The molecule has 3 aromatic rings. The van der Waals surface area contributed by atoms with Gasteiger partial charge in [0, 0.05) is 11.1 Å². The number of rotatable bonds is 8. The molecular weight excluding hydrogens is 398 g/mol. The van der Waals surface area contributed by atoms with E-state index in [1.807, 2.05) is 6.07 Å². The zero-order chi connectivity index (χ0) is 22.2. The van der Waals surface area contributed by atoms with Crippen molar-refractivity contribution in [3.05, 3.63) is 89.5 Å². The van der Waals surface area contributed by atoms with Gasteiger partial charge in [-0.2, -0.15) is 0 Å². The number of para-hydroxylation sites is 2. The van der Waals surface area contributed by atoms with Gasteiger partial charge in [0.25, 0.3) is 5.91 Å². The number of amides is 1. The molecule has 31 heavy (non-hydrogen) atoms. The fraction of sp³-hybridized carbons (Fsp3) is 0.125. The van der Waals surface area contributed by atoms with Gasteiger partial charge in [-0.1, -0.05) is 48.5 Å². The van der Waals surface area contributed by atoms with Crippen molar-refractivity contribution in [3.63, 3.8) is 0 Å². The molecule has 0 aliphatic rings. The fourth-order valence-electron chi connectivity index (χ4n) is 2.98. The Kier molecular flexibility index (Phi) is 7.01. The molecule has 3 aromatic carbocycles. The Morgan fingerprint density at radius 1 is 0.774 bits per heavy atom. The third-order valence-electron chi connectivity index (χ3n) is 4.44. The lowest BCUT2D eigenvalue weighted by Gasteiger charge is -2.13. The van der Waals surface area contributed by atoms with Gasteiger partial charge in [0.1, 0.15) is 5.56 Å². The van der Waals surface area contributed by atoms with Gasteiger partial charge in [0.2, 0.25) is 0 Å². The largest absolute Gasteiger partial charge is 0.493 e. The molecule has 0 aliphatic carbocycles. The molecule has 0 heterocycles. The molecule has 0 saturated carbocycles. The van der Waals surface area contributed by atoms with Crippen LogP contribution in [-0.4, -0.2) is 38.5 Å². The Balaban J connectivity index is 1.69. The van der Waals surface area contributed by atoms with Crippen LogP contribution in [0.2, 0.25) is 0 Å². The Morgan fingerprint density at radius 2 is 1.45 bits per heavy atom. The second-order valence-corrected chi connectivity index (χ2v) is 6.41. The molecule has 7 nitrogen and oxygen atoms in total. The Labute approximate surface area is 179 Å². The molecule has 0 spiro atoms. The lowest BCUT2D eigenvalue weighted by Crippen LogP contribution is -2.22. The summed E-state index contributed by atoms with van der Waals surface area (Å²) in [4.78, 5) is 37.6. The zero-order valence-electron chi connectivity index (χ0n) is 17.1. The number of esters is 1. The first kappa shape index (κ1) is 21.6. The first-order valence-corrected chi connectivity index (χ1v) is 9.42. The summed E-state index contributed by atoms with van der Waals surface area (Å²) in [5.74, 6) is -0.957. The Bertz CT molecular complexity index is 1090. The summed E-state index contributed by atoms with van der Waals surface area (Å²) < 4.78 is 15.5. The number of anilines is 1. The smallest absolute Gasteiger partial charge is 0.342 e. The highest BCUT2D eigenvalue weighted by atomic mass is 16.5. The summed E-state index contributed by atoms with van der Waals surface area (Å²) in [7, 11) is 2.86. The van der Waals surface area contributed by atoms with Crippen molar-refractivity contribution in [2.24, 2.45) is 0 Å². The molecule has 0 atom stereocenters. The van der Waals surface area contributed by atoms with Crippen LogP contribution in [0, 0.1) is 0 Å². The van der Waals surface area contributed by atoms with E-state index in [4.69, 9.17) is 14.2 Å². The first-order valence-electron chi connectivity index (χ1n) is 9.42. The Morgan fingerprint density at radius 3 is 2.16 bits per heavy atom. The SMILES string of the molecule is COc1cccc(C(=O)OCC(=O)Nc2ccccc2C(=O)c2ccccc2)c1OC. The van der Waals surface area contributed by atoms with Gasteiger partial charge in [-0.05, 0) is 24.3 Å². The van der Waals surface area contributed by atoms with Crippen molar-refractivity contribution < 1.29 is 28.6 Å². The quantitative estimate of drug-likeness (QED) is 0.442. The minimum absolute atomic E-state index is 0.134. The molecule has 158 valence electrons. The van der Waals surface area contributed by atoms with E-state index in [1.165, 1.54) is 20.3 Å². The van der Waals surface area contributed by atoms with Crippen molar-refractivity contribution >= 4 is 23.3 Å². The average Bonchev–Trinajstić information content (AvgIpc) is 2.82. The van der Waals surface area contributed by atoms with Crippen LogP contribution in [0.1, 0.15) is 26.3 Å². The van der Waals surface area contributed by atoms with Gasteiger partial charge in [-0.25, -0.2) is 4.79 Å². The number of carbonyl (C=O) groups is 3. The van der Waals surface area contributed by atoms with E-state index < -0.39 is 18.5 Å². The van der Waals surface area contributed by atoms with Crippen molar-refractivity contribution in [2.45, 2.75) is 0 Å². The molecule has 7 heteroatoms. The average molecular weight is 419 g/mol. The third kappa shape index (κ3) is 5.08. The molecule has 1 amide bonds. The maximum absolute atomic E-state index is 12.8. The third-order valence-corrected chi connectivity index (χ3v) is 4.44. The standard InChI is InChI=1S/C24H21NO6/c1-29-20-14-8-12-18(23(20)30-2)24(28)31-15-21(26)25-19-13-7-6-11-17(19)22(27)16-9-4-3-5-10-16/h3-14H,15H2,1-2H3,(H,25,26). The van der Waals surface area contributed by atoms with E-state index in [1.54, 1.807) is 60.7 Å². The summed E-state index contributed by atoms with van der Waals surface area (Å²) in [6, 6.07) is 20.2. The zero-order valence-corrected chi connectivity index (χ0v) is 17.1. The van der Waals surface area contributed by atoms with Crippen LogP contribution in [0.15, 0.2) is 72.8 Å². The maximum Gasteiger partial charge on any atom is 0.342 e. The lowest BCUT2D eigenvalue weighted by atomic mass is 10.0. The van der Waals surface area contributed by atoms with Crippen LogP contribution in [-0.2, 0) is 9.53 Å². The van der Waals surface area contributed by atoms with Crippen LogP contribution >= 0.6 is 0 Å². The highest BCUT2D eigenvalue weighted by Crippen LogP contribution is 2.31. The second kappa shape index (κ2) is 10.1. The van der Waals surface area contributed by atoms with E-state index in [0.29, 0.717) is 22.6 Å². The van der Waals surface area contributed by atoms with Crippen molar-refractivity contribution in [1.29, 1.82) is 0 Å². The number of benzene rings is 3. The topological polar surface area (TPSA) is 90.9 Å². The summed E-state index contributed by atoms with van der Waals surface area (Å²) in [6.07, 6.45) is 0. The molecule has 0 saturated heterocycles. The fourth-order valence-corrected chi connectivity index (χ4v) is 2.98. The molecule has 0 aliphatic heterocycles. The highest BCUT2D eigenvalue weighted by molar-refractivity contribution is 6.14. The second-order valence-electron chi connectivity index (χ2n) is 6.41. The van der Waals surface area contributed by atoms with Gasteiger partial charge in [-0.15, -0.1) is 0 Å². The van der Waals surface area contributed by atoms with Gasteiger partial charge in [-0.3, -0.25) is 9.59 Å². The van der Waals surface area contributed by atoms with Crippen LogP contribution in [0.25, 0.3) is 0 Å². The highest BCUT2D eigenvalue weighted by Gasteiger charge is 2.20. The van der Waals surface area contributed by atoms with Crippen LogP contribution in [0.3, 0.4) is 0 Å². The van der Waals surface area contributed by atoms with Gasteiger partial charge in [0.05, 0.1) is 19.9 Å². The minimum Gasteiger partial charge on any atom is -0.493 e. The number of ether oxygens (including phenoxy) is 3. The number of carbonyl (C=O) groups excluding carboxylic acids is 3.